The Morgan fingerprint density at radius 1 is 1.44 bits per heavy atom. The monoisotopic (exact) mass is 253 g/mol. The van der Waals surface area contributed by atoms with E-state index in [1.165, 1.54) is 0 Å². The SMILES string of the molecule is CC(C)(C)C(CN)N1CCC2NC(=O)CCC2C1. The highest BCUT2D eigenvalue weighted by Gasteiger charge is 2.38. The minimum atomic E-state index is 0.222. The zero-order valence-corrected chi connectivity index (χ0v) is 11.9. The number of nitrogens with one attached hydrogen (secondary N) is 1. The summed E-state index contributed by atoms with van der Waals surface area (Å²) >= 11 is 0. The number of rotatable bonds is 2. The van der Waals surface area contributed by atoms with E-state index in [0.717, 1.165) is 25.9 Å². The van der Waals surface area contributed by atoms with Gasteiger partial charge in [0.25, 0.3) is 0 Å². The number of nitrogens with two attached hydrogens (primary N) is 1. The average molecular weight is 253 g/mol. The van der Waals surface area contributed by atoms with Crippen molar-refractivity contribution in [2.24, 2.45) is 17.1 Å². The van der Waals surface area contributed by atoms with Crippen LogP contribution < -0.4 is 11.1 Å². The fourth-order valence-electron chi connectivity index (χ4n) is 3.47. The van der Waals surface area contributed by atoms with Crippen LogP contribution in [0.25, 0.3) is 0 Å². The molecule has 4 nitrogen and oxygen atoms in total. The molecular formula is C14H27N3O. The maximum absolute atomic E-state index is 11.4. The lowest BCUT2D eigenvalue weighted by Crippen LogP contribution is -2.59. The second-order valence-corrected chi connectivity index (χ2v) is 6.87. The molecule has 2 saturated heterocycles. The number of carbonyl (C=O) groups excluding carboxylic acids is 1. The number of hydrogen-bond acceptors (Lipinski definition) is 3. The summed E-state index contributed by atoms with van der Waals surface area (Å²) in [5, 5.41) is 3.14. The molecule has 2 aliphatic rings. The Balaban J connectivity index is 2.00. The Bertz CT molecular complexity index is 311. The fraction of sp³-hybridized carbons (Fsp3) is 0.929. The van der Waals surface area contributed by atoms with Crippen LogP contribution in [0.3, 0.4) is 0 Å². The van der Waals surface area contributed by atoms with Crippen molar-refractivity contribution in [1.82, 2.24) is 10.2 Å². The van der Waals surface area contributed by atoms with Crippen LogP contribution in [0.5, 0.6) is 0 Å². The summed E-state index contributed by atoms with van der Waals surface area (Å²) in [5.74, 6) is 0.851. The number of hydrogen-bond donors (Lipinski definition) is 2. The van der Waals surface area contributed by atoms with Crippen molar-refractivity contribution in [2.75, 3.05) is 19.6 Å². The van der Waals surface area contributed by atoms with Crippen LogP contribution in [0.15, 0.2) is 0 Å². The first-order valence-electron chi connectivity index (χ1n) is 7.15. The van der Waals surface area contributed by atoms with E-state index in [2.05, 4.69) is 31.0 Å². The van der Waals surface area contributed by atoms with Gasteiger partial charge < -0.3 is 11.1 Å². The lowest BCUT2D eigenvalue weighted by Gasteiger charge is -2.47. The summed E-state index contributed by atoms with van der Waals surface area (Å²) in [5.41, 5.74) is 6.19. The van der Waals surface area contributed by atoms with Gasteiger partial charge in [-0.15, -0.1) is 0 Å². The summed E-state index contributed by atoms with van der Waals surface area (Å²) < 4.78 is 0. The third kappa shape index (κ3) is 2.86. The van der Waals surface area contributed by atoms with Crippen LogP contribution in [0.4, 0.5) is 0 Å². The second-order valence-electron chi connectivity index (χ2n) is 6.87. The van der Waals surface area contributed by atoms with Gasteiger partial charge in [0.1, 0.15) is 0 Å². The van der Waals surface area contributed by atoms with E-state index < -0.39 is 0 Å². The Morgan fingerprint density at radius 2 is 2.17 bits per heavy atom. The molecule has 3 atom stereocenters. The molecule has 0 saturated carbocycles. The summed E-state index contributed by atoms with van der Waals surface area (Å²) in [6.07, 6.45) is 2.80. The van der Waals surface area contributed by atoms with Crippen LogP contribution >= 0.6 is 0 Å². The minimum Gasteiger partial charge on any atom is -0.353 e. The highest BCUT2D eigenvalue weighted by atomic mass is 16.1. The molecule has 3 N–H and O–H groups in total. The van der Waals surface area contributed by atoms with E-state index in [0.29, 0.717) is 31.0 Å². The highest BCUT2D eigenvalue weighted by Crippen LogP contribution is 2.31. The highest BCUT2D eigenvalue weighted by molar-refractivity contribution is 5.77. The number of likely N-dealkylation sites (tertiary alicyclic amines) is 1. The van der Waals surface area contributed by atoms with E-state index in [9.17, 15) is 4.79 Å². The predicted molar refractivity (Wildman–Crippen MR) is 73.1 cm³/mol. The van der Waals surface area contributed by atoms with Gasteiger partial charge in [-0.3, -0.25) is 9.69 Å². The lowest BCUT2D eigenvalue weighted by molar-refractivity contribution is -0.125. The molecule has 2 fully saturated rings. The van der Waals surface area contributed by atoms with Crippen molar-refractivity contribution >= 4 is 5.91 Å². The van der Waals surface area contributed by atoms with E-state index in [1.54, 1.807) is 0 Å². The van der Waals surface area contributed by atoms with Gasteiger partial charge in [0.2, 0.25) is 5.91 Å². The summed E-state index contributed by atoms with van der Waals surface area (Å²) in [7, 11) is 0. The summed E-state index contributed by atoms with van der Waals surface area (Å²) in [6.45, 7) is 9.65. The number of piperidine rings is 2. The molecule has 0 aromatic rings. The third-order valence-electron chi connectivity index (χ3n) is 4.52. The Labute approximate surface area is 110 Å². The molecule has 1 amide bonds. The summed E-state index contributed by atoms with van der Waals surface area (Å²) in [6, 6.07) is 0.844. The van der Waals surface area contributed by atoms with Crippen molar-refractivity contribution in [3.05, 3.63) is 0 Å². The number of amides is 1. The van der Waals surface area contributed by atoms with Crippen molar-refractivity contribution in [1.29, 1.82) is 0 Å². The maximum atomic E-state index is 11.4. The minimum absolute atomic E-state index is 0.222. The van der Waals surface area contributed by atoms with Gasteiger partial charge in [-0.1, -0.05) is 20.8 Å². The normalized spacial score (nSPS) is 31.7. The predicted octanol–water partition coefficient (Wildman–Crippen LogP) is 0.960. The molecular weight excluding hydrogens is 226 g/mol. The molecule has 0 aromatic heterocycles. The fourth-order valence-corrected chi connectivity index (χ4v) is 3.47. The van der Waals surface area contributed by atoms with Gasteiger partial charge >= 0.3 is 0 Å². The number of nitrogens with zero attached hydrogens (tertiary/aromatic N) is 1. The zero-order valence-electron chi connectivity index (χ0n) is 11.9. The van der Waals surface area contributed by atoms with Gasteiger partial charge in [-0.2, -0.15) is 0 Å². The van der Waals surface area contributed by atoms with Crippen LogP contribution in [-0.2, 0) is 4.79 Å². The second kappa shape index (κ2) is 5.17. The molecule has 2 aliphatic heterocycles. The van der Waals surface area contributed by atoms with Gasteiger partial charge in [0, 0.05) is 38.1 Å². The first-order valence-corrected chi connectivity index (χ1v) is 7.15. The van der Waals surface area contributed by atoms with Crippen molar-refractivity contribution in [3.63, 3.8) is 0 Å². The van der Waals surface area contributed by atoms with Gasteiger partial charge in [-0.05, 0) is 24.2 Å². The molecule has 0 aromatic carbocycles. The smallest absolute Gasteiger partial charge is 0.220 e. The maximum Gasteiger partial charge on any atom is 0.220 e. The van der Waals surface area contributed by atoms with Crippen LogP contribution in [0.2, 0.25) is 0 Å². The first kappa shape index (κ1) is 13.8. The number of fused-ring (bicyclic) bond motifs is 1. The molecule has 0 aliphatic carbocycles. The molecule has 2 heterocycles. The van der Waals surface area contributed by atoms with Crippen LogP contribution in [-0.4, -0.2) is 42.5 Å². The average Bonchev–Trinajstić information content (AvgIpc) is 2.28. The Kier molecular flexibility index (Phi) is 3.97. The van der Waals surface area contributed by atoms with E-state index in [1.807, 2.05) is 0 Å². The quantitative estimate of drug-likeness (QED) is 0.770. The summed E-state index contributed by atoms with van der Waals surface area (Å²) in [4.78, 5) is 13.9. The van der Waals surface area contributed by atoms with Crippen molar-refractivity contribution < 1.29 is 4.79 Å². The van der Waals surface area contributed by atoms with Crippen molar-refractivity contribution in [2.45, 2.75) is 52.1 Å². The number of carbonyl (C=O) groups is 1. The molecule has 0 radical (unpaired) electrons. The molecule has 18 heavy (non-hydrogen) atoms. The lowest BCUT2D eigenvalue weighted by atomic mass is 9.80. The molecule has 4 heteroatoms. The van der Waals surface area contributed by atoms with Gasteiger partial charge in [0.15, 0.2) is 0 Å². The molecule has 0 bridgehead atoms. The largest absolute Gasteiger partial charge is 0.353 e. The van der Waals surface area contributed by atoms with E-state index in [4.69, 9.17) is 5.73 Å². The zero-order chi connectivity index (χ0) is 13.3. The Hall–Kier alpha value is -0.610. The van der Waals surface area contributed by atoms with E-state index in [-0.39, 0.29) is 11.3 Å². The standard InChI is InChI=1S/C14H27N3O/c1-14(2,3)12(8-15)17-7-6-11-10(9-17)4-5-13(18)16-11/h10-12H,4-9,15H2,1-3H3,(H,16,18). The third-order valence-corrected chi connectivity index (χ3v) is 4.52. The van der Waals surface area contributed by atoms with Crippen LogP contribution in [0, 0.1) is 11.3 Å². The molecule has 3 unspecified atom stereocenters. The van der Waals surface area contributed by atoms with Gasteiger partial charge in [0.05, 0.1) is 0 Å². The molecule has 2 rings (SSSR count). The molecule has 0 spiro atoms. The van der Waals surface area contributed by atoms with Crippen molar-refractivity contribution in [3.8, 4) is 0 Å². The topological polar surface area (TPSA) is 58.4 Å². The van der Waals surface area contributed by atoms with E-state index >= 15 is 0 Å². The Morgan fingerprint density at radius 3 is 2.78 bits per heavy atom. The first-order chi connectivity index (χ1) is 8.41. The van der Waals surface area contributed by atoms with Gasteiger partial charge in [-0.25, -0.2) is 0 Å². The van der Waals surface area contributed by atoms with Crippen LogP contribution in [0.1, 0.15) is 40.0 Å². The molecule has 104 valence electrons.